The second-order valence-corrected chi connectivity index (χ2v) is 10.0. The minimum absolute atomic E-state index is 0.176. The number of hydrogen-bond donors (Lipinski definition) is 0. The summed E-state index contributed by atoms with van der Waals surface area (Å²) in [6, 6.07) is 15.6. The van der Waals surface area contributed by atoms with E-state index in [1.807, 2.05) is 19.9 Å². The Hall–Kier alpha value is -3.13. The van der Waals surface area contributed by atoms with Crippen LogP contribution in [0.2, 0.25) is 0 Å². The Labute approximate surface area is 220 Å². The maximum Gasteiger partial charge on any atom is 0.122 e. The quantitative estimate of drug-likeness (QED) is 0.167. The smallest absolute Gasteiger partial charge is 0.122 e. The highest BCUT2D eigenvalue weighted by molar-refractivity contribution is 6.01. The van der Waals surface area contributed by atoms with Crippen LogP contribution in [0.4, 0.5) is 0 Å². The van der Waals surface area contributed by atoms with E-state index in [-0.39, 0.29) is 6.10 Å². The lowest BCUT2D eigenvalue weighted by Crippen LogP contribution is -2.08. The monoisotopic (exact) mass is 483 g/mol. The molecule has 0 bridgehead atoms. The third-order valence-electron chi connectivity index (χ3n) is 6.36. The van der Waals surface area contributed by atoms with Crippen molar-refractivity contribution >= 4 is 11.4 Å². The van der Waals surface area contributed by atoms with Crippen LogP contribution in [-0.4, -0.2) is 11.8 Å². The van der Waals surface area contributed by atoms with Crippen LogP contribution < -0.4 is 4.74 Å². The molecule has 36 heavy (non-hydrogen) atoms. The number of aliphatic imine (C=N–C) groups is 1. The molecule has 0 aliphatic heterocycles. The first-order valence-corrected chi connectivity index (χ1v) is 13.2. The number of hydrogen-bond acceptors (Lipinski definition) is 2. The first kappa shape index (κ1) is 29.1. The van der Waals surface area contributed by atoms with Crippen molar-refractivity contribution < 1.29 is 4.74 Å². The summed E-state index contributed by atoms with van der Waals surface area (Å²) in [7, 11) is 0. The minimum Gasteiger partial charge on any atom is -0.491 e. The number of benzene rings is 2. The van der Waals surface area contributed by atoms with E-state index in [1.165, 1.54) is 27.8 Å². The van der Waals surface area contributed by atoms with E-state index in [0.29, 0.717) is 5.92 Å². The zero-order valence-corrected chi connectivity index (χ0v) is 23.7. The van der Waals surface area contributed by atoms with Crippen LogP contribution in [0.3, 0.4) is 0 Å². The third kappa shape index (κ3) is 9.15. The molecule has 0 N–H and O–H groups in total. The van der Waals surface area contributed by atoms with Crippen LogP contribution in [0.5, 0.6) is 5.75 Å². The van der Waals surface area contributed by atoms with Gasteiger partial charge in [-0.25, -0.2) is 0 Å². The van der Waals surface area contributed by atoms with E-state index in [1.54, 1.807) is 0 Å². The zero-order valence-electron chi connectivity index (χ0n) is 23.7. The molecule has 2 nitrogen and oxygen atoms in total. The average Bonchev–Trinajstić information content (AvgIpc) is 2.84. The van der Waals surface area contributed by atoms with E-state index in [9.17, 15) is 0 Å². The molecule has 192 valence electrons. The summed E-state index contributed by atoms with van der Waals surface area (Å²) >= 11 is 0. The van der Waals surface area contributed by atoms with E-state index in [2.05, 4.69) is 109 Å². The fourth-order valence-electron chi connectivity index (χ4n) is 4.14. The molecule has 0 heterocycles. The van der Waals surface area contributed by atoms with Gasteiger partial charge < -0.3 is 4.74 Å². The zero-order chi connectivity index (χ0) is 26.7. The number of ether oxygens (including phenoxy) is 1. The fourth-order valence-corrected chi connectivity index (χ4v) is 4.14. The van der Waals surface area contributed by atoms with Crippen molar-refractivity contribution in [2.75, 3.05) is 0 Å². The van der Waals surface area contributed by atoms with Crippen LogP contribution in [0.1, 0.15) is 89.5 Å². The summed E-state index contributed by atoms with van der Waals surface area (Å²) in [5, 5.41) is 0. The molecular weight excluding hydrogens is 438 g/mol. The molecule has 0 saturated carbocycles. The van der Waals surface area contributed by atoms with E-state index in [0.717, 1.165) is 42.0 Å². The summed E-state index contributed by atoms with van der Waals surface area (Å²) in [6.07, 6.45) is 11.6. The SMILES string of the molecule is C=C(C)CCC(Cc1ccc(C(=C/C)/N=C(C)/C(C)=C\C=C/C)cc1)c1ccc(OC(C)C)c(C)c1. The number of rotatable bonds is 12. The van der Waals surface area contributed by atoms with Crippen LogP contribution in [0.25, 0.3) is 5.70 Å². The van der Waals surface area contributed by atoms with Gasteiger partial charge >= 0.3 is 0 Å². The summed E-state index contributed by atoms with van der Waals surface area (Å²) < 4.78 is 5.97. The first-order chi connectivity index (χ1) is 17.1. The molecule has 0 radical (unpaired) electrons. The first-order valence-electron chi connectivity index (χ1n) is 13.2. The van der Waals surface area contributed by atoms with Crippen molar-refractivity contribution in [2.45, 2.75) is 86.7 Å². The predicted molar refractivity (Wildman–Crippen MR) is 159 cm³/mol. The van der Waals surface area contributed by atoms with E-state index < -0.39 is 0 Å². The molecular formula is C34H45NO. The van der Waals surface area contributed by atoms with Crippen LogP contribution >= 0.6 is 0 Å². The molecule has 0 aliphatic rings. The average molecular weight is 484 g/mol. The largest absolute Gasteiger partial charge is 0.491 e. The van der Waals surface area contributed by atoms with E-state index in [4.69, 9.17) is 9.73 Å². The van der Waals surface area contributed by atoms with Gasteiger partial charge in [0.1, 0.15) is 5.75 Å². The summed E-state index contributed by atoms with van der Waals surface area (Å²) in [4.78, 5) is 4.90. The second-order valence-electron chi connectivity index (χ2n) is 10.0. The lowest BCUT2D eigenvalue weighted by Gasteiger charge is -2.20. The fraction of sp³-hybridized carbons (Fsp3) is 0.382. The Kier molecular flexibility index (Phi) is 11.7. The summed E-state index contributed by atoms with van der Waals surface area (Å²) in [6.45, 7) is 20.8. The van der Waals surface area contributed by atoms with E-state index >= 15 is 0 Å². The molecule has 2 heteroatoms. The van der Waals surface area contributed by atoms with Gasteiger partial charge in [0.25, 0.3) is 0 Å². The Balaban J connectivity index is 2.26. The van der Waals surface area contributed by atoms with Gasteiger partial charge in [-0.2, -0.15) is 0 Å². The Morgan fingerprint density at radius 2 is 1.72 bits per heavy atom. The molecule has 2 aromatic carbocycles. The van der Waals surface area contributed by atoms with Gasteiger partial charge in [-0.15, -0.1) is 6.58 Å². The van der Waals surface area contributed by atoms with Crippen molar-refractivity contribution in [3.63, 3.8) is 0 Å². The van der Waals surface area contributed by atoms with Gasteiger partial charge in [-0.3, -0.25) is 4.99 Å². The lowest BCUT2D eigenvalue weighted by atomic mass is 9.86. The minimum atomic E-state index is 0.176. The van der Waals surface area contributed by atoms with Gasteiger partial charge in [-0.05, 0) is 114 Å². The standard InChI is InChI=1S/C34H45NO/c1-10-12-13-26(7)28(9)35-33(11-2)30-18-15-29(16-19-30)23-32(17-14-24(3)4)31-20-21-34(27(8)22-31)36-25(5)6/h10-13,15-16,18-22,25,32H,3,14,17,23H2,1-2,4-9H3/b12-10-,26-13-,33-11-,35-28+. The highest BCUT2D eigenvalue weighted by Gasteiger charge is 2.15. The van der Waals surface area contributed by atoms with Crippen molar-refractivity contribution in [2.24, 2.45) is 4.99 Å². The Bertz CT molecular complexity index is 1130. The topological polar surface area (TPSA) is 21.6 Å². The maximum absolute atomic E-state index is 5.97. The van der Waals surface area contributed by atoms with Crippen LogP contribution in [-0.2, 0) is 6.42 Å². The molecule has 0 aromatic heterocycles. The molecule has 0 amide bonds. The van der Waals surface area contributed by atoms with Gasteiger partial charge in [0.05, 0.1) is 11.8 Å². The number of allylic oxidation sites excluding steroid dienone is 6. The lowest BCUT2D eigenvalue weighted by molar-refractivity contribution is 0.240. The molecule has 0 saturated heterocycles. The second kappa shape index (κ2) is 14.4. The highest BCUT2D eigenvalue weighted by Crippen LogP contribution is 2.31. The van der Waals surface area contributed by atoms with Crippen molar-refractivity contribution in [1.29, 1.82) is 0 Å². The third-order valence-corrected chi connectivity index (χ3v) is 6.36. The number of nitrogens with zero attached hydrogens (tertiary/aromatic N) is 1. The molecule has 0 fully saturated rings. The Morgan fingerprint density at radius 1 is 1.03 bits per heavy atom. The maximum atomic E-state index is 5.97. The van der Waals surface area contributed by atoms with Gasteiger partial charge in [0.15, 0.2) is 0 Å². The summed E-state index contributed by atoms with van der Waals surface area (Å²) in [5.41, 5.74) is 9.48. The molecule has 1 unspecified atom stereocenters. The molecule has 2 aromatic rings. The van der Waals surface area contributed by atoms with Crippen molar-refractivity contribution in [1.82, 2.24) is 0 Å². The van der Waals surface area contributed by atoms with Crippen LogP contribution in [0.15, 0.2) is 89.5 Å². The van der Waals surface area contributed by atoms with Crippen molar-refractivity contribution in [3.05, 3.63) is 107 Å². The molecule has 2 rings (SSSR count). The molecule has 1 atom stereocenters. The van der Waals surface area contributed by atoms with Gasteiger partial charge in [0.2, 0.25) is 0 Å². The highest BCUT2D eigenvalue weighted by atomic mass is 16.5. The van der Waals surface area contributed by atoms with Crippen molar-refractivity contribution in [3.8, 4) is 5.75 Å². The number of aryl methyl sites for hydroxylation is 1. The Morgan fingerprint density at radius 3 is 2.28 bits per heavy atom. The molecule has 0 spiro atoms. The molecule has 0 aliphatic carbocycles. The summed E-state index contributed by atoms with van der Waals surface area (Å²) in [5.74, 6) is 1.41. The predicted octanol–water partition coefficient (Wildman–Crippen LogP) is 9.81. The normalized spacial score (nSPS) is 14.0. The van der Waals surface area contributed by atoms with Crippen LogP contribution in [0, 0.1) is 6.92 Å². The van der Waals surface area contributed by atoms with Gasteiger partial charge in [-0.1, -0.05) is 66.3 Å². The van der Waals surface area contributed by atoms with Gasteiger partial charge in [0, 0.05) is 5.71 Å².